The molecule has 0 bridgehead atoms. The Morgan fingerprint density at radius 3 is 2.65 bits per heavy atom. The highest BCUT2D eigenvalue weighted by Gasteiger charge is 2.12. The van der Waals surface area contributed by atoms with E-state index in [1.54, 1.807) is 29.7 Å². The molecule has 7 heteroatoms. The molecule has 0 aliphatic rings. The van der Waals surface area contributed by atoms with Crippen molar-refractivity contribution in [2.45, 2.75) is 33.6 Å². The first-order valence-corrected chi connectivity index (χ1v) is 9.26. The van der Waals surface area contributed by atoms with Gasteiger partial charge in [-0.05, 0) is 49.6 Å². The van der Waals surface area contributed by atoms with E-state index in [2.05, 4.69) is 27.2 Å². The van der Waals surface area contributed by atoms with Crippen molar-refractivity contribution >= 4 is 28.9 Å². The van der Waals surface area contributed by atoms with Gasteiger partial charge in [-0.1, -0.05) is 13.8 Å². The van der Waals surface area contributed by atoms with Crippen molar-refractivity contribution in [2.24, 2.45) is 0 Å². The minimum absolute atomic E-state index is 0.320. The van der Waals surface area contributed by atoms with Crippen molar-refractivity contribution in [3.8, 4) is 10.6 Å². The van der Waals surface area contributed by atoms with E-state index in [1.807, 2.05) is 26.0 Å². The molecule has 0 aliphatic carbocycles. The highest BCUT2D eigenvalue weighted by Crippen LogP contribution is 2.29. The number of thiazole rings is 1. The van der Waals surface area contributed by atoms with Crippen LogP contribution in [0.5, 0.6) is 0 Å². The predicted molar refractivity (Wildman–Crippen MR) is 103 cm³/mol. The van der Waals surface area contributed by atoms with Crippen molar-refractivity contribution in [2.75, 3.05) is 5.32 Å². The second-order valence-corrected chi connectivity index (χ2v) is 6.88. The van der Waals surface area contributed by atoms with Gasteiger partial charge in [0.15, 0.2) is 0 Å². The number of nitrogens with zero attached hydrogens (tertiary/aromatic N) is 3. The van der Waals surface area contributed by atoms with Crippen LogP contribution in [0.25, 0.3) is 10.6 Å². The number of rotatable bonds is 6. The minimum Gasteiger partial charge on any atom is -0.478 e. The van der Waals surface area contributed by atoms with Crippen molar-refractivity contribution in [3.05, 3.63) is 52.3 Å². The number of anilines is 2. The Morgan fingerprint density at radius 2 is 2.00 bits per heavy atom. The first-order valence-electron chi connectivity index (χ1n) is 8.44. The molecule has 0 spiro atoms. The SMILES string of the molecule is CCc1nc(C)c(-c2ccnc(Nc3ccc(C(=O)O)c(CC)c3)n2)s1. The quantitative estimate of drug-likeness (QED) is 0.667. The summed E-state index contributed by atoms with van der Waals surface area (Å²) in [4.78, 5) is 25.7. The second kappa shape index (κ2) is 7.61. The summed E-state index contributed by atoms with van der Waals surface area (Å²) in [6.07, 6.45) is 3.25. The highest BCUT2D eigenvalue weighted by molar-refractivity contribution is 7.15. The zero-order valence-corrected chi connectivity index (χ0v) is 15.7. The molecule has 0 amide bonds. The van der Waals surface area contributed by atoms with Crippen molar-refractivity contribution in [3.63, 3.8) is 0 Å². The summed E-state index contributed by atoms with van der Waals surface area (Å²) in [6, 6.07) is 7.03. The number of carboxylic acids is 1. The molecule has 2 heterocycles. The van der Waals surface area contributed by atoms with Crippen LogP contribution in [0.2, 0.25) is 0 Å². The van der Waals surface area contributed by atoms with Gasteiger partial charge in [0.05, 0.1) is 26.8 Å². The van der Waals surface area contributed by atoms with Crippen LogP contribution in [0.15, 0.2) is 30.5 Å². The fourth-order valence-electron chi connectivity index (χ4n) is 2.69. The normalized spacial score (nSPS) is 10.7. The van der Waals surface area contributed by atoms with E-state index in [9.17, 15) is 9.90 Å². The van der Waals surface area contributed by atoms with Gasteiger partial charge in [-0.25, -0.2) is 19.7 Å². The van der Waals surface area contributed by atoms with Crippen LogP contribution in [0.3, 0.4) is 0 Å². The zero-order valence-electron chi connectivity index (χ0n) is 14.9. The van der Waals surface area contributed by atoms with E-state index in [0.29, 0.717) is 17.9 Å². The van der Waals surface area contributed by atoms with E-state index >= 15 is 0 Å². The average molecular weight is 368 g/mol. The number of hydrogen-bond acceptors (Lipinski definition) is 6. The van der Waals surface area contributed by atoms with Gasteiger partial charge < -0.3 is 10.4 Å². The van der Waals surface area contributed by atoms with Crippen LogP contribution < -0.4 is 5.32 Å². The molecule has 0 saturated carbocycles. The first kappa shape index (κ1) is 18.0. The van der Waals surface area contributed by atoms with E-state index in [1.165, 1.54) is 0 Å². The predicted octanol–water partition coefficient (Wildman–Crippen LogP) is 4.48. The van der Waals surface area contributed by atoms with Crippen molar-refractivity contribution < 1.29 is 9.90 Å². The maximum atomic E-state index is 11.3. The van der Waals surface area contributed by atoms with E-state index < -0.39 is 5.97 Å². The molecule has 3 rings (SSSR count). The fourth-order valence-corrected chi connectivity index (χ4v) is 3.66. The van der Waals surface area contributed by atoms with Crippen LogP contribution in [-0.4, -0.2) is 26.0 Å². The first-order chi connectivity index (χ1) is 12.5. The van der Waals surface area contributed by atoms with Crippen LogP contribution in [0, 0.1) is 6.92 Å². The van der Waals surface area contributed by atoms with E-state index in [4.69, 9.17) is 0 Å². The van der Waals surface area contributed by atoms with Crippen molar-refractivity contribution in [1.82, 2.24) is 15.0 Å². The molecule has 0 radical (unpaired) electrons. The standard InChI is InChI=1S/C19H20N4O2S/c1-4-12-10-13(6-7-14(12)18(24)25)22-19-20-9-8-15(23-19)17-11(3)21-16(5-2)26-17/h6-10H,4-5H2,1-3H3,(H,24,25)(H,20,22,23). The van der Waals surface area contributed by atoms with E-state index in [-0.39, 0.29) is 0 Å². The van der Waals surface area contributed by atoms with Gasteiger partial charge in [0.2, 0.25) is 5.95 Å². The molecule has 26 heavy (non-hydrogen) atoms. The lowest BCUT2D eigenvalue weighted by Gasteiger charge is -2.09. The van der Waals surface area contributed by atoms with Gasteiger partial charge in [-0.15, -0.1) is 11.3 Å². The lowest BCUT2D eigenvalue weighted by molar-refractivity contribution is 0.0696. The van der Waals surface area contributed by atoms with Gasteiger partial charge in [-0.3, -0.25) is 0 Å². The van der Waals surface area contributed by atoms with Gasteiger partial charge >= 0.3 is 5.97 Å². The molecule has 0 aliphatic heterocycles. The molecule has 1 aromatic carbocycles. The summed E-state index contributed by atoms with van der Waals surface area (Å²) >= 11 is 1.64. The fraction of sp³-hybridized carbons (Fsp3) is 0.263. The number of aryl methyl sites for hydroxylation is 3. The average Bonchev–Trinajstić information content (AvgIpc) is 3.02. The molecule has 3 aromatic rings. The number of hydrogen-bond donors (Lipinski definition) is 2. The van der Waals surface area contributed by atoms with Crippen molar-refractivity contribution in [1.29, 1.82) is 0 Å². The number of aromatic carboxylic acids is 1. The van der Waals surface area contributed by atoms with Gasteiger partial charge in [-0.2, -0.15) is 0 Å². The third-order valence-corrected chi connectivity index (χ3v) is 5.33. The number of benzene rings is 1. The third kappa shape index (κ3) is 3.72. The Labute approximate surface area is 156 Å². The maximum Gasteiger partial charge on any atom is 0.335 e. The maximum absolute atomic E-state index is 11.3. The molecule has 0 unspecified atom stereocenters. The van der Waals surface area contributed by atoms with Gasteiger partial charge in [0, 0.05) is 11.9 Å². The summed E-state index contributed by atoms with van der Waals surface area (Å²) in [5.41, 5.74) is 3.65. The van der Waals surface area contributed by atoms with Crippen LogP contribution in [0.1, 0.15) is 40.5 Å². The molecular formula is C19H20N4O2S. The second-order valence-electron chi connectivity index (χ2n) is 5.80. The topological polar surface area (TPSA) is 88.0 Å². The van der Waals surface area contributed by atoms with Gasteiger partial charge in [0.25, 0.3) is 0 Å². The molecule has 0 fully saturated rings. The molecular weight excluding hydrogens is 348 g/mol. The Morgan fingerprint density at radius 1 is 1.19 bits per heavy atom. The van der Waals surface area contributed by atoms with Crippen LogP contribution in [0.4, 0.5) is 11.6 Å². The highest BCUT2D eigenvalue weighted by atomic mass is 32.1. The minimum atomic E-state index is -0.918. The molecule has 6 nitrogen and oxygen atoms in total. The van der Waals surface area contributed by atoms with Crippen LogP contribution >= 0.6 is 11.3 Å². The Kier molecular flexibility index (Phi) is 5.27. The summed E-state index contributed by atoms with van der Waals surface area (Å²) in [5, 5.41) is 13.5. The third-order valence-electron chi connectivity index (χ3n) is 4.00. The Bertz CT molecular complexity index is 952. The largest absolute Gasteiger partial charge is 0.478 e. The van der Waals surface area contributed by atoms with Crippen LogP contribution in [-0.2, 0) is 12.8 Å². The van der Waals surface area contributed by atoms with Gasteiger partial charge in [0.1, 0.15) is 0 Å². The zero-order chi connectivity index (χ0) is 18.7. The Hall–Kier alpha value is -2.80. The smallest absolute Gasteiger partial charge is 0.335 e. The molecule has 0 saturated heterocycles. The number of aromatic nitrogens is 3. The summed E-state index contributed by atoms with van der Waals surface area (Å²) < 4.78 is 0. The number of carboxylic acid groups (broad SMARTS) is 1. The summed E-state index contributed by atoms with van der Waals surface area (Å²) in [6.45, 7) is 6.00. The number of nitrogens with one attached hydrogen (secondary N) is 1. The summed E-state index contributed by atoms with van der Waals surface area (Å²) in [7, 11) is 0. The molecule has 2 N–H and O–H groups in total. The summed E-state index contributed by atoms with van der Waals surface area (Å²) in [5.74, 6) is -0.447. The molecule has 0 atom stereocenters. The molecule has 134 valence electrons. The lowest BCUT2D eigenvalue weighted by atomic mass is 10.0. The monoisotopic (exact) mass is 368 g/mol. The number of carbonyl (C=O) groups is 1. The molecule has 2 aromatic heterocycles. The Balaban J connectivity index is 1.89. The lowest BCUT2D eigenvalue weighted by Crippen LogP contribution is -2.04. The van der Waals surface area contributed by atoms with E-state index in [0.717, 1.165) is 38.9 Å².